The number of benzene rings is 2. The van der Waals surface area contributed by atoms with Crippen LogP contribution in [0.15, 0.2) is 58.7 Å². The van der Waals surface area contributed by atoms with Gasteiger partial charge in [0.15, 0.2) is 5.69 Å². The minimum atomic E-state index is -0.296. The number of thiazole rings is 1. The third kappa shape index (κ3) is 2.43. The summed E-state index contributed by atoms with van der Waals surface area (Å²) in [5.41, 5.74) is 5.31. The van der Waals surface area contributed by atoms with E-state index in [1.807, 2.05) is 35.7 Å². The Morgan fingerprint density at radius 2 is 1.83 bits per heavy atom. The summed E-state index contributed by atoms with van der Waals surface area (Å²) in [7, 11) is 0. The van der Waals surface area contributed by atoms with Gasteiger partial charge in [0.25, 0.3) is 0 Å². The molecule has 0 aliphatic carbocycles. The Morgan fingerprint density at radius 1 is 1.04 bits per heavy atom. The van der Waals surface area contributed by atoms with Crippen LogP contribution in [0.3, 0.4) is 0 Å². The first kappa shape index (κ1) is 14.8. The molecule has 118 valence electrons. The lowest BCUT2D eigenvalue weighted by Gasteiger charge is -2.07. The summed E-state index contributed by atoms with van der Waals surface area (Å²) >= 11 is 1.43. The number of fused-ring (bicyclic) bond motifs is 1. The highest BCUT2D eigenvalue weighted by atomic mass is 32.1. The van der Waals surface area contributed by atoms with E-state index < -0.39 is 0 Å². The number of hydrogen-bond donors (Lipinski definition) is 0. The van der Waals surface area contributed by atoms with Crippen LogP contribution in [0, 0.1) is 13.8 Å². The van der Waals surface area contributed by atoms with E-state index >= 15 is 0 Å². The van der Waals surface area contributed by atoms with Crippen molar-refractivity contribution in [2.24, 2.45) is 0 Å². The van der Waals surface area contributed by atoms with Crippen molar-refractivity contribution in [2.75, 3.05) is 0 Å². The monoisotopic (exact) mass is 333 g/mol. The van der Waals surface area contributed by atoms with Crippen molar-refractivity contribution in [3.63, 3.8) is 0 Å². The molecule has 2 aromatic heterocycles. The fraction of sp³-hybridized carbons (Fsp3) is 0.105. The Hall–Kier alpha value is -2.79. The average Bonchev–Trinajstić information content (AvgIpc) is 2.97. The molecule has 0 unspecified atom stereocenters. The molecule has 4 aromatic rings. The van der Waals surface area contributed by atoms with Gasteiger partial charge in [-0.15, -0.1) is 11.3 Å². The zero-order valence-corrected chi connectivity index (χ0v) is 14.2. The molecule has 2 aromatic carbocycles. The normalized spacial score (nSPS) is 11.1. The maximum Gasteiger partial charge on any atom is 0.300 e. The van der Waals surface area contributed by atoms with Crippen LogP contribution in [0.1, 0.15) is 11.1 Å². The summed E-state index contributed by atoms with van der Waals surface area (Å²) < 4.78 is 1.77. The maximum absolute atomic E-state index is 12.3. The van der Waals surface area contributed by atoms with Crippen LogP contribution >= 0.6 is 11.3 Å². The SMILES string of the molecule is Cc1ccc(-c2csc3nc(=O)c(-c4ccccc4)nn23)c(C)c1. The third-order valence-electron chi connectivity index (χ3n) is 3.99. The summed E-state index contributed by atoms with van der Waals surface area (Å²) in [6, 6.07) is 15.8. The van der Waals surface area contributed by atoms with E-state index in [4.69, 9.17) is 0 Å². The summed E-state index contributed by atoms with van der Waals surface area (Å²) in [4.78, 5) is 17.1. The second-order valence-corrected chi connectivity index (χ2v) is 6.60. The molecule has 0 aliphatic heterocycles. The molecular weight excluding hydrogens is 318 g/mol. The van der Waals surface area contributed by atoms with Crippen molar-refractivity contribution in [3.05, 3.63) is 75.4 Å². The van der Waals surface area contributed by atoms with Crippen molar-refractivity contribution in [3.8, 4) is 22.5 Å². The Labute approximate surface area is 143 Å². The highest BCUT2D eigenvalue weighted by molar-refractivity contribution is 7.15. The second-order valence-electron chi connectivity index (χ2n) is 5.77. The zero-order valence-electron chi connectivity index (χ0n) is 13.4. The van der Waals surface area contributed by atoms with Crippen LogP contribution < -0.4 is 5.56 Å². The van der Waals surface area contributed by atoms with Gasteiger partial charge < -0.3 is 0 Å². The van der Waals surface area contributed by atoms with E-state index in [0.717, 1.165) is 16.8 Å². The Morgan fingerprint density at radius 3 is 2.58 bits per heavy atom. The highest BCUT2D eigenvalue weighted by Gasteiger charge is 2.14. The van der Waals surface area contributed by atoms with Gasteiger partial charge in [-0.1, -0.05) is 54.1 Å². The predicted octanol–water partition coefficient (Wildman–Crippen LogP) is 4.10. The number of nitrogens with zero attached hydrogens (tertiary/aromatic N) is 3. The molecule has 0 radical (unpaired) electrons. The molecule has 0 amide bonds. The van der Waals surface area contributed by atoms with Crippen molar-refractivity contribution >= 4 is 16.3 Å². The van der Waals surface area contributed by atoms with Gasteiger partial charge >= 0.3 is 5.56 Å². The van der Waals surface area contributed by atoms with Gasteiger partial charge in [-0.3, -0.25) is 4.79 Å². The van der Waals surface area contributed by atoms with Gasteiger partial charge in [0.1, 0.15) is 0 Å². The second kappa shape index (κ2) is 5.69. The summed E-state index contributed by atoms with van der Waals surface area (Å²) in [5.74, 6) is 0. The van der Waals surface area contributed by atoms with Crippen LogP contribution in [0.4, 0.5) is 0 Å². The molecule has 2 heterocycles. The summed E-state index contributed by atoms with van der Waals surface area (Å²) in [5, 5.41) is 6.60. The Bertz CT molecular complexity index is 1100. The number of rotatable bonds is 2. The molecule has 5 heteroatoms. The molecule has 0 spiro atoms. The molecule has 0 aliphatic rings. The van der Waals surface area contributed by atoms with Crippen molar-refractivity contribution < 1.29 is 0 Å². The standard InChI is InChI=1S/C19H15N3OS/c1-12-8-9-15(13(2)10-12)16-11-24-19-20-18(23)17(21-22(16)19)14-6-4-3-5-7-14/h3-11H,1-2H3. The lowest BCUT2D eigenvalue weighted by atomic mass is 10.0. The van der Waals surface area contributed by atoms with Crippen LogP contribution in [0.5, 0.6) is 0 Å². The third-order valence-corrected chi connectivity index (χ3v) is 4.81. The molecule has 4 nitrogen and oxygen atoms in total. The largest absolute Gasteiger partial charge is 0.300 e. The van der Waals surface area contributed by atoms with Crippen molar-refractivity contribution in [1.29, 1.82) is 0 Å². The van der Waals surface area contributed by atoms with Crippen molar-refractivity contribution in [1.82, 2.24) is 14.6 Å². The minimum absolute atomic E-state index is 0.296. The fourth-order valence-electron chi connectivity index (χ4n) is 2.82. The highest BCUT2D eigenvalue weighted by Crippen LogP contribution is 2.28. The van der Waals surface area contributed by atoms with Gasteiger partial charge in [0.2, 0.25) is 4.96 Å². The maximum atomic E-state index is 12.3. The van der Waals surface area contributed by atoms with Crippen molar-refractivity contribution in [2.45, 2.75) is 13.8 Å². The first-order chi connectivity index (χ1) is 11.6. The number of aromatic nitrogens is 3. The molecular formula is C19H15N3OS. The van der Waals surface area contributed by atoms with Crippen LogP contribution in [-0.2, 0) is 0 Å². The van der Waals surface area contributed by atoms with E-state index in [-0.39, 0.29) is 5.56 Å². The number of aryl methyl sites for hydroxylation is 2. The van der Waals surface area contributed by atoms with Gasteiger partial charge in [-0.2, -0.15) is 10.1 Å². The van der Waals surface area contributed by atoms with E-state index in [0.29, 0.717) is 10.7 Å². The van der Waals surface area contributed by atoms with Crippen LogP contribution in [0.25, 0.3) is 27.5 Å². The van der Waals surface area contributed by atoms with Gasteiger partial charge in [0.05, 0.1) is 5.69 Å². The zero-order chi connectivity index (χ0) is 16.7. The van der Waals surface area contributed by atoms with Gasteiger partial charge in [-0.25, -0.2) is 4.52 Å². The summed E-state index contributed by atoms with van der Waals surface area (Å²) in [6.07, 6.45) is 0. The van der Waals surface area contributed by atoms with E-state index in [2.05, 4.69) is 42.1 Å². The molecule has 0 saturated carbocycles. The molecule has 0 atom stereocenters. The summed E-state index contributed by atoms with van der Waals surface area (Å²) in [6.45, 7) is 4.16. The first-order valence-electron chi connectivity index (χ1n) is 7.65. The van der Waals surface area contributed by atoms with E-state index in [1.165, 1.54) is 22.5 Å². The molecule has 24 heavy (non-hydrogen) atoms. The Balaban J connectivity index is 1.97. The van der Waals surface area contributed by atoms with Gasteiger partial charge in [0, 0.05) is 16.5 Å². The molecule has 0 bridgehead atoms. The fourth-order valence-corrected chi connectivity index (χ4v) is 3.64. The average molecular weight is 333 g/mol. The van der Waals surface area contributed by atoms with E-state index in [1.54, 1.807) is 4.52 Å². The van der Waals surface area contributed by atoms with E-state index in [9.17, 15) is 4.79 Å². The van der Waals surface area contributed by atoms with Gasteiger partial charge in [-0.05, 0) is 19.4 Å². The molecule has 0 saturated heterocycles. The smallest absolute Gasteiger partial charge is 0.265 e. The molecule has 0 fully saturated rings. The minimum Gasteiger partial charge on any atom is -0.265 e. The quantitative estimate of drug-likeness (QED) is 0.555. The predicted molar refractivity (Wildman–Crippen MR) is 97.5 cm³/mol. The first-order valence-corrected chi connectivity index (χ1v) is 8.53. The lowest BCUT2D eigenvalue weighted by molar-refractivity contribution is 0.913. The molecule has 4 rings (SSSR count). The van der Waals surface area contributed by atoms with Crippen LogP contribution in [-0.4, -0.2) is 14.6 Å². The Kier molecular flexibility index (Phi) is 3.50. The topological polar surface area (TPSA) is 47.3 Å². The van der Waals surface area contributed by atoms with Crippen LogP contribution in [0.2, 0.25) is 0 Å². The number of hydrogen-bond acceptors (Lipinski definition) is 4. The molecule has 0 N–H and O–H groups in total. The lowest BCUT2D eigenvalue weighted by Crippen LogP contribution is -2.14.